The third kappa shape index (κ3) is 4.22. The van der Waals surface area contributed by atoms with Crippen molar-refractivity contribution in [1.82, 2.24) is 0 Å². The highest BCUT2D eigenvalue weighted by Gasteiger charge is 2.34. The zero-order valence-corrected chi connectivity index (χ0v) is 16.6. The summed E-state index contributed by atoms with van der Waals surface area (Å²) in [5, 5.41) is 21.3. The summed E-state index contributed by atoms with van der Waals surface area (Å²) >= 11 is 5.86. The number of aromatic hydroxyl groups is 1. The van der Waals surface area contributed by atoms with Crippen molar-refractivity contribution in [2.45, 2.75) is 6.18 Å². The highest BCUT2D eigenvalue weighted by molar-refractivity contribution is 6.32. The molecule has 0 heterocycles. The third-order valence-electron chi connectivity index (χ3n) is 4.55. The minimum Gasteiger partial charge on any atom is -0.504 e. The van der Waals surface area contributed by atoms with Crippen LogP contribution in [-0.4, -0.2) is 23.3 Å². The second-order valence-electron chi connectivity index (χ2n) is 6.42. The fraction of sp³-hybridized carbons (Fsp3) is 0.0952. The number of methoxy groups -OCH3 is 1. The Kier molecular flexibility index (Phi) is 5.99. The van der Waals surface area contributed by atoms with Crippen molar-refractivity contribution in [3.05, 3.63) is 70.5 Å². The summed E-state index contributed by atoms with van der Waals surface area (Å²) in [6.07, 6.45) is -4.79. The van der Waals surface area contributed by atoms with Crippen LogP contribution in [0.25, 0.3) is 22.3 Å². The van der Waals surface area contributed by atoms with Crippen LogP contribution in [0.1, 0.15) is 11.1 Å². The molecule has 3 aromatic rings. The largest absolute Gasteiger partial charge is 0.504 e. The molecule has 0 fully saturated rings. The maximum atomic E-state index is 14.2. The van der Waals surface area contributed by atoms with Gasteiger partial charge in [-0.05, 0) is 41.5 Å². The molecule has 0 unspecified atom stereocenters. The molecule has 0 aromatic heterocycles. The number of hydrogen-bond donors (Lipinski definition) is 3. The third-order valence-corrected chi connectivity index (χ3v) is 4.84. The number of alkyl halides is 3. The lowest BCUT2D eigenvalue weighted by Crippen LogP contribution is -2.17. The minimum atomic E-state index is -4.79. The predicted octanol–water partition coefficient (Wildman–Crippen LogP) is 5.64. The molecule has 0 saturated carbocycles. The molecule has 0 aliphatic carbocycles. The van der Waals surface area contributed by atoms with Crippen LogP contribution in [0.2, 0.25) is 5.02 Å². The first-order chi connectivity index (χ1) is 14.6. The van der Waals surface area contributed by atoms with Gasteiger partial charge >= 0.3 is 6.18 Å². The highest BCUT2D eigenvalue weighted by Crippen LogP contribution is 2.44. The smallest absolute Gasteiger partial charge is 0.416 e. The molecule has 3 aromatic carbocycles. The van der Waals surface area contributed by atoms with Gasteiger partial charge in [0.15, 0.2) is 17.4 Å². The first kappa shape index (κ1) is 22.2. The van der Waals surface area contributed by atoms with E-state index in [9.17, 15) is 27.9 Å². The monoisotopic (exact) mass is 454 g/mol. The SMILES string of the molecule is COc1ccccc1-c1c(C(N)=NO)cc(C(F)(F)F)cc1-c1cc(F)c(O)c(Cl)c1. The van der Waals surface area contributed by atoms with Crippen LogP contribution in [0.3, 0.4) is 0 Å². The number of nitrogens with two attached hydrogens (primary N) is 1. The Hall–Kier alpha value is -3.46. The fourth-order valence-corrected chi connectivity index (χ4v) is 3.36. The Balaban J connectivity index is 2.53. The summed E-state index contributed by atoms with van der Waals surface area (Å²) in [6.45, 7) is 0. The molecular formula is C21H15ClF4N2O3. The van der Waals surface area contributed by atoms with Crippen molar-refractivity contribution in [2.75, 3.05) is 7.11 Å². The van der Waals surface area contributed by atoms with Gasteiger partial charge in [-0.2, -0.15) is 13.2 Å². The summed E-state index contributed by atoms with van der Waals surface area (Å²) in [6, 6.07) is 9.84. The summed E-state index contributed by atoms with van der Waals surface area (Å²) in [4.78, 5) is 0. The van der Waals surface area contributed by atoms with E-state index in [-0.39, 0.29) is 28.0 Å². The van der Waals surface area contributed by atoms with Gasteiger partial charge in [0.2, 0.25) is 0 Å². The van der Waals surface area contributed by atoms with E-state index in [1.165, 1.54) is 7.11 Å². The Morgan fingerprint density at radius 2 is 1.77 bits per heavy atom. The van der Waals surface area contributed by atoms with E-state index < -0.39 is 34.2 Å². The number of para-hydroxylation sites is 1. The Morgan fingerprint density at radius 3 is 2.35 bits per heavy atom. The molecule has 31 heavy (non-hydrogen) atoms. The minimum absolute atomic E-state index is 0.0701. The normalized spacial score (nSPS) is 12.1. The van der Waals surface area contributed by atoms with Crippen LogP contribution in [0.15, 0.2) is 53.7 Å². The number of oxime groups is 1. The summed E-state index contributed by atoms with van der Waals surface area (Å²) < 4.78 is 60.4. The van der Waals surface area contributed by atoms with Gasteiger partial charge in [-0.25, -0.2) is 4.39 Å². The van der Waals surface area contributed by atoms with Crippen molar-refractivity contribution in [3.8, 4) is 33.8 Å². The molecule has 0 bridgehead atoms. The van der Waals surface area contributed by atoms with Gasteiger partial charge in [0, 0.05) is 16.7 Å². The van der Waals surface area contributed by atoms with Crippen LogP contribution < -0.4 is 10.5 Å². The molecule has 10 heteroatoms. The number of phenolic OH excluding ortho intramolecular Hbond substituents is 1. The summed E-state index contributed by atoms with van der Waals surface area (Å²) in [7, 11) is 1.36. The van der Waals surface area contributed by atoms with Crippen molar-refractivity contribution >= 4 is 17.4 Å². The molecule has 0 aliphatic heterocycles. The van der Waals surface area contributed by atoms with Crippen LogP contribution in [-0.2, 0) is 6.18 Å². The van der Waals surface area contributed by atoms with E-state index in [1.54, 1.807) is 24.3 Å². The van der Waals surface area contributed by atoms with E-state index >= 15 is 0 Å². The lowest BCUT2D eigenvalue weighted by molar-refractivity contribution is -0.137. The molecule has 0 amide bonds. The maximum Gasteiger partial charge on any atom is 0.416 e. The second-order valence-corrected chi connectivity index (χ2v) is 6.83. The van der Waals surface area contributed by atoms with Crippen LogP contribution >= 0.6 is 11.6 Å². The fourth-order valence-electron chi connectivity index (χ4n) is 3.15. The van der Waals surface area contributed by atoms with Gasteiger partial charge in [-0.3, -0.25) is 0 Å². The van der Waals surface area contributed by atoms with Crippen molar-refractivity contribution in [1.29, 1.82) is 0 Å². The zero-order chi connectivity index (χ0) is 22.9. The van der Waals surface area contributed by atoms with Gasteiger partial charge in [0.25, 0.3) is 0 Å². The van der Waals surface area contributed by atoms with Crippen molar-refractivity contribution in [3.63, 3.8) is 0 Å². The van der Waals surface area contributed by atoms with Crippen LogP contribution in [0, 0.1) is 5.82 Å². The van der Waals surface area contributed by atoms with E-state index in [1.807, 2.05) is 0 Å². The van der Waals surface area contributed by atoms with Crippen LogP contribution in [0.4, 0.5) is 17.6 Å². The van der Waals surface area contributed by atoms with E-state index in [2.05, 4.69) is 5.16 Å². The lowest BCUT2D eigenvalue weighted by Gasteiger charge is -2.20. The van der Waals surface area contributed by atoms with E-state index in [4.69, 9.17) is 22.1 Å². The van der Waals surface area contributed by atoms with Gasteiger partial charge < -0.3 is 20.8 Å². The average molecular weight is 455 g/mol. The number of hydrogen-bond acceptors (Lipinski definition) is 4. The number of rotatable bonds is 4. The van der Waals surface area contributed by atoms with Crippen LogP contribution in [0.5, 0.6) is 11.5 Å². The molecule has 0 spiro atoms. The summed E-state index contributed by atoms with van der Waals surface area (Å²) in [5.74, 6) is -2.29. The maximum absolute atomic E-state index is 14.2. The quantitative estimate of drug-likeness (QED) is 0.156. The van der Waals surface area contributed by atoms with E-state index in [0.717, 1.165) is 24.3 Å². The number of phenols is 1. The number of ether oxygens (including phenoxy) is 1. The molecule has 0 atom stereocenters. The van der Waals surface area contributed by atoms with Gasteiger partial charge in [0.05, 0.1) is 17.7 Å². The molecular weight excluding hydrogens is 440 g/mol. The van der Waals surface area contributed by atoms with Gasteiger partial charge in [0.1, 0.15) is 5.75 Å². The molecule has 162 valence electrons. The zero-order valence-electron chi connectivity index (χ0n) is 15.8. The van der Waals surface area contributed by atoms with Crippen molar-refractivity contribution < 1.29 is 32.6 Å². The number of nitrogens with zero attached hydrogens (tertiary/aromatic N) is 1. The average Bonchev–Trinajstić information content (AvgIpc) is 2.74. The molecule has 3 rings (SSSR count). The molecule has 0 radical (unpaired) electrons. The molecule has 0 saturated heterocycles. The molecule has 0 aliphatic rings. The first-order valence-electron chi connectivity index (χ1n) is 8.63. The summed E-state index contributed by atoms with van der Waals surface area (Å²) in [5.41, 5.74) is 4.54. The topological polar surface area (TPSA) is 88.1 Å². The van der Waals surface area contributed by atoms with Crippen molar-refractivity contribution in [2.24, 2.45) is 10.9 Å². The molecule has 5 nitrogen and oxygen atoms in total. The number of benzene rings is 3. The van der Waals surface area contributed by atoms with E-state index in [0.29, 0.717) is 5.56 Å². The van der Waals surface area contributed by atoms with Gasteiger partial charge in [-0.15, -0.1) is 0 Å². The number of halogens is 5. The Morgan fingerprint density at radius 1 is 1.10 bits per heavy atom. The predicted molar refractivity (Wildman–Crippen MR) is 108 cm³/mol. The standard InChI is InChI=1S/C21H15ClF4N2O3/c1-31-17-5-3-2-4-12(17)18-13(10-6-15(22)19(29)16(23)7-10)8-11(21(24,25)26)9-14(18)20(27)28-30/h2-9,29-30H,1H3,(H2,27,28). The highest BCUT2D eigenvalue weighted by atomic mass is 35.5. The van der Waals surface area contributed by atoms with Gasteiger partial charge in [-0.1, -0.05) is 35.0 Å². The lowest BCUT2D eigenvalue weighted by atomic mass is 9.87. The second kappa shape index (κ2) is 8.35. The molecule has 4 N–H and O–H groups in total. The Labute approximate surface area is 178 Å². The Bertz CT molecular complexity index is 1160. The number of amidine groups is 1. The first-order valence-corrected chi connectivity index (χ1v) is 9.01.